The molecule has 0 unspecified atom stereocenters. The van der Waals surface area contributed by atoms with E-state index in [2.05, 4.69) is 27.1 Å². The Morgan fingerprint density at radius 1 is 0.867 bits per heavy atom. The van der Waals surface area contributed by atoms with Crippen LogP contribution in [0.4, 0.5) is 10.8 Å². The molecule has 150 valence electrons. The van der Waals surface area contributed by atoms with Crippen molar-refractivity contribution in [1.82, 2.24) is 4.98 Å². The average molecular weight is 452 g/mol. The van der Waals surface area contributed by atoms with Crippen LogP contribution in [0.3, 0.4) is 0 Å². The predicted molar refractivity (Wildman–Crippen MR) is 125 cm³/mol. The first-order chi connectivity index (χ1) is 14.7. The SMILES string of the molecule is O=C(Nc1nccs1)c1ccc(NC(=O)c2ccccc2SCc2cccs2)cc1. The Morgan fingerprint density at radius 3 is 2.43 bits per heavy atom. The van der Waals surface area contributed by atoms with Crippen LogP contribution < -0.4 is 10.6 Å². The molecular weight excluding hydrogens is 434 g/mol. The van der Waals surface area contributed by atoms with Crippen molar-refractivity contribution in [2.75, 3.05) is 10.6 Å². The first-order valence-electron chi connectivity index (χ1n) is 9.05. The average Bonchev–Trinajstić information content (AvgIpc) is 3.47. The minimum Gasteiger partial charge on any atom is -0.322 e. The van der Waals surface area contributed by atoms with Gasteiger partial charge in [-0.15, -0.1) is 34.4 Å². The summed E-state index contributed by atoms with van der Waals surface area (Å²) in [7, 11) is 0. The second-order valence-electron chi connectivity index (χ2n) is 6.19. The van der Waals surface area contributed by atoms with Gasteiger partial charge in [0.15, 0.2) is 5.13 Å². The summed E-state index contributed by atoms with van der Waals surface area (Å²) >= 11 is 4.71. The van der Waals surface area contributed by atoms with Crippen LogP contribution in [0.5, 0.6) is 0 Å². The van der Waals surface area contributed by atoms with Crippen molar-refractivity contribution in [2.24, 2.45) is 0 Å². The van der Waals surface area contributed by atoms with Crippen LogP contribution in [-0.4, -0.2) is 16.8 Å². The van der Waals surface area contributed by atoms with E-state index < -0.39 is 0 Å². The number of thiazole rings is 1. The fraction of sp³-hybridized carbons (Fsp3) is 0.0455. The topological polar surface area (TPSA) is 71.1 Å². The molecule has 0 atom stereocenters. The Hall–Kier alpha value is -2.94. The number of benzene rings is 2. The van der Waals surface area contributed by atoms with E-state index in [1.807, 2.05) is 30.3 Å². The lowest BCUT2D eigenvalue weighted by Crippen LogP contribution is -2.14. The van der Waals surface area contributed by atoms with Gasteiger partial charge in [-0.2, -0.15) is 0 Å². The molecule has 2 aromatic carbocycles. The molecular formula is C22H17N3O2S3. The Morgan fingerprint density at radius 2 is 1.70 bits per heavy atom. The van der Waals surface area contributed by atoms with Gasteiger partial charge < -0.3 is 5.32 Å². The van der Waals surface area contributed by atoms with Crippen molar-refractivity contribution in [3.63, 3.8) is 0 Å². The molecule has 0 saturated carbocycles. The van der Waals surface area contributed by atoms with E-state index in [0.717, 1.165) is 10.6 Å². The Balaban J connectivity index is 1.41. The quantitative estimate of drug-likeness (QED) is 0.338. The molecule has 0 radical (unpaired) electrons. The monoisotopic (exact) mass is 451 g/mol. The minimum atomic E-state index is -0.238. The van der Waals surface area contributed by atoms with E-state index in [4.69, 9.17) is 0 Å². The molecule has 8 heteroatoms. The molecule has 30 heavy (non-hydrogen) atoms. The second kappa shape index (κ2) is 9.71. The minimum absolute atomic E-state index is 0.177. The van der Waals surface area contributed by atoms with Crippen molar-refractivity contribution in [3.05, 3.63) is 93.6 Å². The number of hydrogen-bond acceptors (Lipinski definition) is 6. The normalized spacial score (nSPS) is 10.5. The standard InChI is InChI=1S/C22H17N3O2S3/c26-20(25-22-23-11-13-29-22)15-7-9-16(10-8-15)24-21(27)18-5-1-2-6-19(18)30-14-17-4-3-12-28-17/h1-13H,14H2,(H,24,27)(H,23,25,26). The van der Waals surface area contributed by atoms with Gasteiger partial charge in [-0.25, -0.2) is 4.98 Å². The number of carbonyl (C=O) groups excluding carboxylic acids is 2. The van der Waals surface area contributed by atoms with Gasteiger partial charge in [0, 0.05) is 38.4 Å². The summed E-state index contributed by atoms with van der Waals surface area (Å²) in [6.07, 6.45) is 1.63. The molecule has 0 aliphatic carbocycles. The number of amides is 2. The summed E-state index contributed by atoms with van der Waals surface area (Å²) in [6.45, 7) is 0. The summed E-state index contributed by atoms with van der Waals surface area (Å²) in [5, 5.41) is 10.0. The van der Waals surface area contributed by atoms with Gasteiger partial charge >= 0.3 is 0 Å². The van der Waals surface area contributed by atoms with Gasteiger partial charge in [-0.05, 0) is 47.8 Å². The number of rotatable bonds is 7. The molecule has 4 rings (SSSR count). The number of nitrogens with one attached hydrogen (secondary N) is 2. The highest BCUT2D eigenvalue weighted by molar-refractivity contribution is 7.98. The molecule has 0 bridgehead atoms. The van der Waals surface area contributed by atoms with Crippen LogP contribution >= 0.6 is 34.4 Å². The van der Waals surface area contributed by atoms with Crippen LogP contribution in [0.2, 0.25) is 0 Å². The molecule has 0 fully saturated rings. The van der Waals surface area contributed by atoms with Crippen LogP contribution in [0, 0.1) is 0 Å². The van der Waals surface area contributed by atoms with Crippen molar-refractivity contribution < 1.29 is 9.59 Å². The van der Waals surface area contributed by atoms with Crippen LogP contribution in [0.15, 0.2) is 82.5 Å². The molecule has 4 aromatic rings. The van der Waals surface area contributed by atoms with Crippen LogP contribution in [0.25, 0.3) is 0 Å². The van der Waals surface area contributed by atoms with Crippen LogP contribution in [-0.2, 0) is 5.75 Å². The summed E-state index contributed by atoms with van der Waals surface area (Å²) in [4.78, 5) is 31.3. The summed E-state index contributed by atoms with van der Waals surface area (Å²) in [6, 6.07) is 18.5. The molecule has 0 saturated heterocycles. The maximum absolute atomic E-state index is 12.8. The second-order valence-corrected chi connectivity index (χ2v) is 9.13. The molecule has 0 aliphatic heterocycles. The number of thiophene rings is 1. The lowest BCUT2D eigenvalue weighted by atomic mass is 10.1. The third kappa shape index (κ3) is 5.15. The highest BCUT2D eigenvalue weighted by Crippen LogP contribution is 2.28. The molecule has 2 aromatic heterocycles. The largest absolute Gasteiger partial charge is 0.322 e. The number of nitrogens with zero attached hydrogens (tertiary/aromatic N) is 1. The maximum Gasteiger partial charge on any atom is 0.257 e. The van der Waals surface area contributed by atoms with Crippen molar-refractivity contribution in [3.8, 4) is 0 Å². The number of thioether (sulfide) groups is 1. The van der Waals surface area contributed by atoms with Gasteiger partial charge in [0.25, 0.3) is 11.8 Å². The van der Waals surface area contributed by atoms with E-state index in [1.165, 1.54) is 16.2 Å². The van der Waals surface area contributed by atoms with Crippen molar-refractivity contribution >= 4 is 57.1 Å². The van der Waals surface area contributed by atoms with E-state index in [-0.39, 0.29) is 11.8 Å². The lowest BCUT2D eigenvalue weighted by Gasteiger charge is -2.10. The number of hydrogen-bond donors (Lipinski definition) is 2. The molecule has 2 amide bonds. The zero-order valence-corrected chi connectivity index (χ0v) is 18.2. The van der Waals surface area contributed by atoms with E-state index >= 15 is 0 Å². The third-order valence-corrected chi connectivity index (χ3v) is 7.01. The molecule has 0 aliphatic rings. The molecule has 0 spiro atoms. The maximum atomic E-state index is 12.8. The highest BCUT2D eigenvalue weighted by Gasteiger charge is 2.13. The van der Waals surface area contributed by atoms with Gasteiger partial charge in [0.1, 0.15) is 0 Å². The number of anilines is 2. The smallest absolute Gasteiger partial charge is 0.257 e. The molecule has 5 nitrogen and oxygen atoms in total. The Bertz CT molecular complexity index is 1120. The van der Waals surface area contributed by atoms with Gasteiger partial charge in [0.2, 0.25) is 0 Å². The fourth-order valence-electron chi connectivity index (χ4n) is 2.68. The zero-order valence-electron chi connectivity index (χ0n) is 15.7. The first kappa shape index (κ1) is 20.3. The van der Waals surface area contributed by atoms with Crippen molar-refractivity contribution in [1.29, 1.82) is 0 Å². The first-order valence-corrected chi connectivity index (χ1v) is 11.8. The van der Waals surface area contributed by atoms with Gasteiger partial charge in [-0.3, -0.25) is 14.9 Å². The molecule has 2 heterocycles. The Kier molecular flexibility index (Phi) is 6.58. The molecule has 2 N–H and O–H groups in total. The summed E-state index contributed by atoms with van der Waals surface area (Å²) < 4.78 is 0. The van der Waals surface area contributed by atoms with Crippen molar-refractivity contribution in [2.45, 2.75) is 10.6 Å². The lowest BCUT2D eigenvalue weighted by molar-refractivity contribution is 0.101. The van der Waals surface area contributed by atoms with Gasteiger partial charge in [0.05, 0.1) is 5.56 Å². The fourth-order valence-corrected chi connectivity index (χ4v) is 5.03. The Labute approximate surface area is 186 Å². The number of aromatic nitrogens is 1. The van der Waals surface area contributed by atoms with E-state index in [0.29, 0.717) is 21.9 Å². The zero-order chi connectivity index (χ0) is 20.8. The summed E-state index contributed by atoms with van der Waals surface area (Å²) in [5.74, 6) is 0.410. The summed E-state index contributed by atoms with van der Waals surface area (Å²) in [5.41, 5.74) is 1.75. The highest BCUT2D eigenvalue weighted by atomic mass is 32.2. The van der Waals surface area contributed by atoms with Crippen LogP contribution in [0.1, 0.15) is 25.6 Å². The van der Waals surface area contributed by atoms with E-state index in [1.54, 1.807) is 58.9 Å². The van der Waals surface area contributed by atoms with E-state index in [9.17, 15) is 9.59 Å². The predicted octanol–water partition coefficient (Wildman–Crippen LogP) is 6.00. The third-order valence-electron chi connectivity index (χ3n) is 4.14. The van der Waals surface area contributed by atoms with Gasteiger partial charge in [-0.1, -0.05) is 18.2 Å². The number of carbonyl (C=O) groups is 2.